The first-order valence-corrected chi connectivity index (χ1v) is 3.52. The third kappa shape index (κ3) is 1.03. The molecule has 0 aliphatic carbocycles. The van der Waals surface area contributed by atoms with Crippen LogP contribution >= 0.6 is 0 Å². The maximum Gasteiger partial charge on any atom is 0.123 e. The Kier molecular flexibility index (Phi) is 1.33. The molecule has 0 aromatic carbocycles. The van der Waals surface area contributed by atoms with Gasteiger partial charge in [0.1, 0.15) is 11.6 Å². The standard InChI is InChI=1S/C8H8N4/c9-7-1-5-2-8(10)12-4-6(5)3-11-7/h1-4H,(H2,9,11)(H2,10,12). The average Bonchev–Trinajstić information content (AvgIpc) is 2.03. The fourth-order valence-corrected chi connectivity index (χ4v) is 1.07. The van der Waals surface area contributed by atoms with Gasteiger partial charge in [-0.1, -0.05) is 0 Å². The van der Waals surface area contributed by atoms with Gasteiger partial charge in [-0.05, 0) is 17.5 Å². The molecule has 0 spiro atoms. The van der Waals surface area contributed by atoms with E-state index in [1.807, 2.05) is 0 Å². The van der Waals surface area contributed by atoms with Gasteiger partial charge in [0, 0.05) is 17.8 Å². The number of pyridine rings is 2. The predicted molar refractivity (Wildman–Crippen MR) is 48.4 cm³/mol. The lowest BCUT2D eigenvalue weighted by Crippen LogP contribution is -1.92. The van der Waals surface area contributed by atoms with Crippen molar-refractivity contribution < 1.29 is 0 Å². The van der Waals surface area contributed by atoms with Crippen LogP contribution in [0, 0.1) is 0 Å². The Labute approximate surface area is 69.2 Å². The van der Waals surface area contributed by atoms with E-state index in [1.54, 1.807) is 24.5 Å². The number of rotatable bonds is 0. The first kappa shape index (κ1) is 6.84. The number of aromatic nitrogens is 2. The van der Waals surface area contributed by atoms with E-state index >= 15 is 0 Å². The van der Waals surface area contributed by atoms with Gasteiger partial charge in [-0.2, -0.15) is 0 Å². The van der Waals surface area contributed by atoms with Crippen molar-refractivity contribution in [1.29, 1.82) is 0 Å². The van der Waals surface area contributed by atoms with E-state index in [-0.39, 0.29) is 0 Å². The average molecular weight is 160 g/mol. The van der Waals surface area contributed by atoms with Gasteiger partial charge in [-0.25, -0.2) is 9.97 Å². The van der Waals surface area contributed by atoms with Crippen molar-refractivity contribution in [3.8, 4) is 0 Å². The summed E-state index contributed by atoms with van der Waals surface area (Å²) in [4.78, 5) is 7.87. The number of hydrogen-bond acceptors (Lipinski definition) is 4. The van der Waals surface area contributed by atoms with Crippen LogP contribution in [-0.4, -0.2) is 9.97 Å². The minimum atomic E-state index is 0.494. The summed E-state index contributed by atoms with van der Waals surface area (Å²) in [5.41, 5.74) is 11.0. The third-order valence-electron chi connectivity index (χ3n) is 1.65. The number of anilines is 2. The summed E-state index contributed by atoms with van der Waals surface area (Å²) >= 11 is 0. The van der Waals surface area contributed by atoms with Crippen LogP contribution in [0.2, 0.25) is 0 Å². The molecule has 0 radical (unpaired) electrons. The zero-order valence-electron chi connectivity index (χ0n) is 6.36. The van der Waals surface area contributed by atoms with Crippen molar-refractivity contribution >= 4 is 22.4 Å². The summed E-state index contributed by atoms with van der Waals surface area (Å²) in [7, 11) is 0. The maximum atomic E-state index is 5.50. The summed E-state index contributed by atoms with van der Waals surface area (Å²) in [5.74, 6) is 0.987. The Morgan fingerprint density at radius 2 is 1.33 bits per heavy atom. The summed E-state index contributed by atoms with van der Waals surface area (Å²) in [5, 5.41) is 1.91. The second kappa shape index (κ2) is 2.34. The molecule has 2 rings (SSSR count). The van der Waals surface area contributed by atoms with Crippen molar-refractivity contribution in [3.05, 3.63) is 24.5 Å². The van der Waals surface area contributed by atoms with Crippen LogP contribution < -0.4 is 11.5 Å². The van der Waals surface area contributed by atoms with E-state index in [2.05, 4.69) is 9.97 Å². The highest BCUT2D eigenvalue weighted by atomic mass is 14.8. The number of fused-ring (bicyclic) bond motifs is 1. The van der Waals surface area contributed by atoms with Gasteiger partial charge in [0.2, 0.25) is 0 Å². The van der Waals surface area contributed by atoms with Crippen molar-refractivity contribution in [2.45, 2.75) is 0 Å². The van der Waals surface area contributed by atoms with Crippen LogP contribution in [0.1, 0.15) is 0 Å². The van der Waals surface area contributed by atoms with Gasteiger partial charge in [0.25, 0.3) is 0 Å². The van der Waals surface area contributed by atoms with Gasteiger partial charge < -0.3 is 11.5 Å². The quantitative estimate of drug-likeness (QED) is 0.597. The smallest absolute Gasteiger partial charge is 0.123 e. The summed E-state index contributed by atoms with van der Waals surface area (Å²) < 4.78 is 0. The number of hydrogen-bond donors (Lipinski definition) is 2. The highest BCUT2D eigenvalue weighted by Gasteiger charge is 1.95. The molecule has 4 heteroatoms. The number of nitrogen functional groups attached to an aromatic ring is 2. The van der Waals surface area contributed by atoms with E-state index in [0.717, 1.165) is 10.8 Å². The molecule has 0 saturated carbocycles. The monoisotopic (exact) mass is 160 g/mol. The topological polar surface area (TPSA) is 77.8 Å². The van der Waals surface area contributed by atoms with E-state index in [1.165, 1.54) is 0 Å². The lowest BCUT2D eigenvalue weighted by molar-refractivity contribution is 1.33. The molecule has 0 atom stereocenters. The van der Waals surface area contributed by atoms with E-state index in [4.69, 9.17) is 11.5 Å². The molecule has 2 heterocycles. The molecule has 2 aromatic heterocycles. The first-order chi connectivity index (χ1) is 5.75. The Bertz CT molecular complexity index is 388. The second-order valence-electron chi connectivity index (χ2n) is 2.57. The molecular formula is C8H8N4. The summed E-state index contributed by atoms with van der Waals surface area (Å²) in [6.07, 6.45) is 3.36. The number of nitrogens with two attached hydrogens (primary N) is 2. The highest BCUT2D eigenvalue weighted by molar-refractivity contribution is 5.84. The van der Waals surface area contributed by atoms with E-state index < -0.39 is 0 Å². The lowest BCUT2D eigenvalue weighted by atomic mass is 10.2. The van der Waals surface area contributed by atoms with Gasteiger partial charge >= 0.3 is 0 Å². The molecule has 4 nitrogen and oxygen atoms in total. The fraction of sp³-hybridized carbons (Fsp3) is 0. The normalized spacial score (nSPS) is 10.3. The molecule has 0 amide bonds. The number of nitrogens with zero attached hydrogens (tertiary/aromatic N) is 2. The van der Waals surface area contributed by atoms with Gasteiger partial charge in [0.15, 0.2) is 0 Å². The minimum absolute atomic E-state index is 0.494. The summed E-state index contributed by atoms with van der Waals surface area (Å²) in [6.45, 7) is 0. The Hall–Kier alpha value is -1.84. The molecule has 0 aliphatic rings. The molecule has 0 saturated heterocycles. The van der Waals surface area contributed by atoms with Crippen LogP contribution in [0.4, 0.5) is 11.6 Å². The highest BCUT2D eigenvalue weighted by Crippen LogP contribution is 2.15. The zero-order valence-corrected chi connectivity index (χ0v) is 6.36. The molecule has 0 aliphatic heterocycles. The molecule has 0 fully saturated rings. The van der Waals surface area contributed by atoms with Crippen LogP contribution in [0.3, 0.4) is 0 Å². The minimum Gasteiger partial charge on any atom is -0.384 e. The predicted octanol–water partition coefficient (Wildman–Crippen LogP) is 0.794. The van der Waals surface area contributed by atoms with Gasteiger partial charge in [-0.15, -0.1) is 0 Å². The SMILES string of the molecule is Nc1cc2cc(N)ncc2cn1. The largest absolute Gasteiger partial charge is 0.384 e. The molecule has 4 N–H and O–H groups in total. The molecule has 2 aromatic rings. The molecule has 12 heavy (non-hydrogen) atoms. The molecular weight excluding hydrogens is 152 g/mol. The Morgan fingerprint density at radius 1 is 0.833 bits per heavy atom. The van der Waals surface area contributed by atoms with Crippen LogP contribution in [-0.2, 0) is 0 Å². The fourth-order valence-electron chi connectivity index (χ4n) is 1.07. The van der Waals surface area contributed by atoms with Crippen molar-refractivity contribution in [2.24, 2.45) is 0 Å². The van der Waals surface area contributed by atoms with Crippen LogP contribution in [0.5, 0.6) is 0 Å². The van der Waals surface area contributed by atoms with E-state index in [0.29, 0.717) is 11.6 Å². The van der Waals surface area contributed by atoms with Crippen molar-refractivity contribution in [2.75, 3.05) is 11.5 Å². The van der Waals surface area contributed by atoms with Crippen LogP contribution in [0.25, 0.3) is 10.8 Å². The van der Waals surface area contributed by atoms with Crippen LogP contribution in [0.15, 0.2) is 24.5 Å². The second-order valence-corrected chi connectivity index (χ2v) is 2.57. The zero-order chi connectivity index (χ0) is 8.55. The Balaban J connectivity index is 2.80. The molecule has 60 valence electrons. The maximum absolute atomic E-state index is 5.50. The summed E-state index contributed by atoms with van der Waals surface area (Å²) in [6, 6.07) is 3.54. The molecule has 0 bridgehead atoms. The third-order valence-corrected chi connectivity index (χ3v) is 1.65. The lowest BCUT2D eigenvalue weighted by Gasteiger charge is -1.98. The Morgan fingerprint density at radius 3 is 1.83 bits per heavy atom. The van der Waals surface area contributed by atoms with Gasteiger partial charge in [0.05, 0.1) is 0 Å². The van der Waals surface area contributed by atoms with Gasteiger partial charge in [-0.3, -0.25) is 0 Å². The van der Waals surface area contributed by atoms with Crippen molar-refractivity contribution in [3.63, 3.8) is 0 Å². The first-order valence-electron chi connectivity index (χ1n) is 3.52. The molecule has 0 unspecified atom stereocenters. The van der Waals surface area contributed by atoms with Crippen molar-refractivity contribution in [1.82, 2.24) is 9.97 Å². The van der Waals surface area contributed by atoms with E-state index in [9.17, 15) is 0 Å².